The zero-order valence-corrected chi connectivity index (χ0v) is 21.9. The first-order chi connectivity index (χ1) is 17.8. The van der Waals surface area contributed by atoms with Crippen LogP contribution in [-0.2, 0) is 9.59 Å². The molecule has 5 aliphatic rings. The maximum atomic E-state index is 13.6. The van der Waals surface area contributed by atoms with Crippen molar-refractivity contribution in [3.63, 3.8) is 0 Å². The number of nitrogens with zero attached hydrogens (tertiary/aromatic N) is 1. The van der Waals surface area contributed by atoms with Crippen LogP contribution in [0.3, 0.4) is 0 Å². The average molecular weight is 509 g/mol. The fraction of sp³-hybridized carbons (Fsp3) is 0.600. The number of aliphatic hydroxyl groups excluding tert-OH is 2. The molecule has 4 aliphatic carbocycles. The smallest absolute Gasteiger partial charge is 0.247 e. The Morgan fingerprint density at radius 2 is 2.05 bits per heavy atom. The quantitative estimate of drug-likeness (QED) is 0.445. The van der Waals surface area contributed by atoms with Gasteiger partial charge in [0.25, 0.3) is 0 Å². The predicted molar refractivity (Wildman–Crippen MR) is 141 cm³/mol. The molecule has 200 valence electrons. The number of benzene rings is 1. The van der Waals surface area contributed by atoms with Crippen LogP contribution in [0.5, 0.6) is 5.75 Å². The molecule has 2 amide bonds. The number of fused-ring (bicyclic) bond motifs is 5. The number of amides is 2. The maximum absolute atomic E-state index is 13.6. The van der Waals surface area contributed by atoms with Gasteiger partial charge in [-0.2, -0.15) is 0 Å². The summed E-state index contributed by atoms with van der Waals surface area (Å²) in [5.74, 6) is 1.54. The third-order valence-corrected chi connectivity index (χ3v) is 9.55. The summed E-state index contributed by atoms with van der Waals surface area (Å²) < 4.78 is 6.23. The van der Waals surface area contributed by atoms with Crippen molar-refractivity contribution < 1.29 is 24.5 Å². The van der Waals surface area contributed by atoms with Crippen molar-refractivity contribution in [2.24, 2.45) is 23.2 Å². The van der Waals surface area contributed by atoms with Gasteiger partial charge in [0.15, 0.2) is 0 Å². The number of aliphatic hydroxyl groups is 2. The molecule has 7 nitrogen and oxygen atoms in total. The summed E-state index contributed by atoms with van der Waals surface area (Å²) in [6, 6.07) is 6.86. The lowest BCUT2D eigenvalue weighted by molar-refractivity contribution is -0.146. The van der Waals surface area contributed by atoms with Gasteiger partial charge in [0, 0.05) is 30.6 Å². The summed E-state index contributed by atoms with van der Waals surface area (Å²) >= 11 is 0. The minimum Gasteiger partial charge on any atom is -0.486 e. The van der Waals surface area contributed by atoms with Crippen molar-refractivity contribution in [2.45, 2.75) is 70.1 Å². The summed E-state index contributed by atoms with van der Waals surface area (Å²) in [6.45, 7) is 8.98. The summed E-state index contributed by atoms with van der Waals surface area (Å²) in [4.78, 5) is 28.8. The Morgan fingerprint density at radius 3 is 2.76 bits per heavy atom. The highest BCUT2D eigenvalue weighted by Crippen LogP contribution is 2.61. The Balaban J connectivity index is 1.50. The van der Waals surface area contributed by atoms with Crippen molar-refractivity contribution in [3.8, 4) is 5.75 Å². The van der Waals surface area contributed by atoms with Gasteiger partial charge < -0.3 is 25.2 Å². The molecule has 6 rings (SSSR count). The van der Waals surface area contributed by atoms with Crippen LogP contribution in [-0.4, -0.2) is 64.9 Å². The molecule has 0 saturated heterocycles. The molecule has 0 unspecified atom stereocenters. The Kier molecular flexibility index (Phi) is 7.20. The number of para-hydroxylation sites is 1. The molecule has 1 aromatic carbocycles. The van der Waals surface area contributed by atoms with Crippen LogP contribution < -0.4 is 10.1 Å². The number of hydrogen-bond acceptors (Lipinski definition) is 5. The minimum atomic E-state index is -0.981. The van der Waals surface area contributed by atoms with Crippen LogP contribution >= 0.6 is 0 Å². The van der Waals surface area contributed by atoms with Crippen LogP contribution in [0.2, 0.25) is 0 Å². The summed E-state index contributed by atoms with van der Waals surface area (Å²) in [5.41, 5.74) is 1.61. The highest BCUT2D eigenvalue weighted by molar-refractivity contribution is 5.96. The van der Waals surface area contributed by atoms with Crippen molar-refractivity contribution in [1.29, 1.82) is 0 Å². The zero-order valence-electron chi connectivity index (χ0n) is 21.9. The van der Waals surface area contributed by atoms with E-state index in [0.29, 0.717) is 42.5 Å². The SMILES string of the molecule is C=CCCC(=O)N(C[C@@H]1CC[C@H]2C[C@@H]1C2(C)C)[C@@H]1C=C(C(=O)NCCO)[C@@H]2c3ccccc3O[C@@H]2[C@H]1O. The number of nitrogens with one attached hydrogen (secondary N) is 1. The Labute approximate surface area is 219 Å². The van der Waals surface area contributed by atoms with Gasteiger partial charge in [-0.05, 0) is 61.0 Å². The first-order valence-electron chi connectivity index (χ1n) is 13.7. The van der Waals surface area contributed by atoms with E-state index in [9.17, 15) is 19.8 Å². The predicted octanol–water partition coefficient (Wildman–Crippen LogP) is 3.18. The van der Waals surface area contributed by atoms with Gasteiger partial charge in [0.1, 0.15) is 18.0 Å². The van der Waals surface area contributed by atoms with Gasteiger partial charge in [0.2, 0.25) is 11.8 Å². The van der Waals surface area contributed by atoms with Crippen LogP contribution in [0.25, 0.3) is 0 Å². The number of hydrogen-bond donors (Lipinski definition) is 3. The second-order valence-corrected chi connectivity index (χ2v) is 11.8. The van der Waals surface area contributed by atoms with Crippen molar-refractivity contribution in [1.82, 2.24) is 10.2 Å². The lowest BCUT2D eigenvalue weighted by atomic mass is 9.45. The van der Waals surface area contributed by atoms with Crippen LogP contribution in [0.15, 0.2) is 48.6 Å². The largest absolute Gasteiger partial charge is 0.486 e. The zero-order chi connectivity index (χ0) is 26.3. The van der Waals surface area contributed by atoms with Crippen LogP contribution in [0.4, 0.5) is 0 Å². The molecule has 0 aromatic heterocycles. The second kappa shape index (κ2) is 10.3. The fourth-order valence-corrected chi connectivity index (χ4v) is 7.38. The molecule has 3 saturated carbocycles. The number of rotatable bonds is 9. The molecule has 7 atom stereocenters. The van der Waals surface area contributed by atoms with Gasteiger partial charge in [-0.3, -0.25) is 9.59 Å². The topological polar surface area (TPSA) is 99.1 Å². The van der Waals surface area contributed by atoms with E-state index in [-0.39, 0.29) is 30.4 Å². The Hall–Kier alpha value is -2.64. The molecule has 7 heteroatoms. The van der Waals surface area contributed by atoms with E-state index in [1.165, 1.54) is 12.8 Å². The van der Waals surface area contributed by atoms with Gasteiger partial charge in [-0.1, -0.05) is 38.1 Å². The molecule has 1 aliphatic heterocycles. The average Bonchev–Trinajstić information content (AvgIpc) is 3.29. The number of carbonyl (C=O) groups excluding carboxylic acids is 2. The standard InChI is InChI=1S/C30H40N2O5/c1-4-5-10-25(34)32(17-18-11-12-19-15-22(18)30(19,2)3)23-16-21(29(36)31-13-14-33)26-20-8-6-7-9-24(20)37-28(26)27(23)35/h4,6-9,16,18-19,22-23,26-28,33,35H,1,5,10-15,17H2,2-3H3,(H,31,36)/t18-,19-,22-,23+,26-,27-,28-/m0/s1. The first kappa shape index (κ1) is 26.0. The van der Waals surface area contributed by atoms with Crippen molar-refractivity contribution in [2.75, 3.05) is 19.7 Å². The van der Waals surface area contributed by atoms with E-state index in [1.807, 2.05) is 29.2 Å². The maximum Gasteiger partial charge on any atom is 0.247 e. The lowest BCUT2D eigenvalue weighted by Crippen LogP contribution is -2.59. The fourth-order valence-electron chi connectivity index (χ4n) is 7.38. The molecular formula is C30H40N2O5. The molecule has 1 heterocycles. The van der Waals surface area contributed by atoms with Gasteiger partial charge in [0.05, 0.1) is 18.6 Å². The normalized spacial score (nSPS) is 32.6. The highest BCUT2D eigenvalue weighted by atomic mass is 16.5. The van der Waals surface area contributed by atoms with E-state index >= 15 is 0 Å². The van der Waals surface area contributed by atoms with Crippen LogP contribution in [0, 0.1) is 23.2 Å². The molecular weight excluding hydrogens is 468 g/mol. The van der Waals surface area contributed by atoms with E-state index in [0.717, 1.165) is 17.9 Å². The summed E-state index contributed by atoms with van der Waals surface area (Å²) in [6.07, 6.45) is 6.19. The van der Waals surface area contributed by atoms with E-state index in [1.54, 1.807) is 12.2 Å². The Morgan fingerprint density at radius 1 is 1.27 bits per heavy atom. The minimum absolute atomic E-state index is 0.0384. The highest BCUT2D eigenvalue weighted by Gasteiger charge is 2.56. The van der Waals surface area contributed by atoms with Crippen molar-refractivity contribution in [3.05, 3.63) is 54.1 Å². The molecule has 1 aromatic rings. The number of carbonyl (C=O) groups is 2. The van der Waals surface area contributed by atoms with Crippen molar-refractivity contribution >= 4 is 11.8 Å². The van der Waals surface area contributed by atoms with E-state index < -0.39 is 24.2 Å². The number of allylic oxidation sites excluding steroid dienone is 1. The summed E-state index contributed by atoms with van der Waals surface area (Å²) in [5, 5.41) is 23.8. The molecule has 3 fully saturated rings. The van der Waals surface area contributed by atoms with Gasteiger partial charge in [-0.25, -0.2) is 0 Å². The first-order valence-corrected chi connectivity index (χ1v) is 13.7. The third kappa shape index (κ3) is 4.50. The van der Waals surface area contributed by atoms with Crippen LogP contribution in [0.1, 0.15) is 57.4 Å². The second-order valence-electron chi connectivity index (χ2n) is 11.8. The van der Waals surface area contributed by atoms with Gasteiger partial charge >= 0.3 is 0 Å². The summed E-state index contributed by atoms with van der Waals surface area (Å²) in [7, 11) is 0. The molecule has 0 spiro atoms. The van der Waals surface area contributed by atoms with E-state index in [2.05, 4.69) is 25.7 Å². The third-order valence-electron chi connectivity index (χ3n) is 9.55. The number of ether oxygens (including phenoxy) is 1. The molecule has 2 bridgehead atoms. The monoisotopic (exact) mass is 508 g/mol. The van der Waals surface area contributed by atoms with Gasteiger partial charge in [-0.15, -0.1) is 6.58 Å². The molecule has 3 N–H and O–H groups in total. The Bertz CT molecular complexity index is 1080. The molecule has 37 heavy (non-hydrogen) atoms. The van der Waals surface area contributed by atoms with E-state index in [4.69, 9.17) is 4.74 Å². The lowest BCUT2D eigenvalue weighted by Gasteiger charge is -2.61. The molecule has 0 radical (unpaired) electrons.